The smallest absolute Gasteiger partial charge is 0.258 e. The molecule has 0 aliphatic rings. The number of hydrogen-bond acceptors (Lipinski definition) is 5. The van der Waals surface area contributed by atoms with Crippen molar-refractivity contribution in [2.24, 2.45) is 10.2 Å². The molecule has 3 aromatic rings. The fraction of sp³-hybridized carbons (Fsp3) is 0.118. The lowest BCUT2D eigenvalue weighted by Crippen LogP contribution is -1.98. The first kappa shape index (κ1) is 16.8. The van der Waals surface area contributed by atoms with E-state index in [-0.39, 0.29) is 5.69 Å². The number of nitrogens with zero attached hydrogens (tertiary/aromatic N) is 5. The number of azo groups is 1. The largest absolute Gasteiger partial charge is 0.271 e. The SMILES string of the molecule is Cc1nn(-c2ccc(Cl)cc2)c(C)c1N=Nc1cccc([N+](=O)[O-])c1. The molecule has 0 amide bonds. The molecule has 1 heterocycles. The van der Waals surface area contributed by atoms with E-state index in [4.69, 9.17) is 11.6 Å². The van der Waals surface area contributed by atoms with E-state index in [0.29, 0.717) is 22.1 Å². The minimum atomic E-state index is -0.464. The van der Waals surface area contributed by atoms with Gasteiger partial charge in [0.15, 0.2) is 0 Å². The number of halogens is 1. The molecule has 126 valence electrons. The quantitative estimate of drug-likeness (QED) is 0.353. The molecule has 0 aliphatic carbocycles. The summed E-state index contributed by atoms with van der Waals surface area (Å²) < 4.78 is 1.76. The number of nitro benzene ring substituents is 1. The zero-order chi connectivity index (χ0) is 18.0. The molecule has 0 aliphatic heterocycles. The molecule has 0 bridgehead atoms. The number of aryl methyl sites for hydroxylation is 1. The Morgan fingerprint density at radius 1 is 1.12 bits per heavy atom. The van der Waals surface area contributed by atoms with Gasteiger partial charge in [0.1, 0.15) is 5.69 Å². The van der Waals surface area contributed by atoms with Crippen LogP contribution in [0.1, 0.15) is 11.4 Å². The number of nitro groups is 1. The monoisotopic (exact) mass is 355 g/mol. The Morgan fingerprint density at radius 3 is 2.52 bits per heavy atom. The van der Waals surface area contributed by atoms with E-state index < -0.39 is 4.92 Å². The molecule has 0 spiro atoms. The van der Waals surface area contributed by atoms with Crippen LogP contribution < -0.4 is 0 Å². The Labute approximate surface area is 148 Å². The summed E-state index contributed by atoms with van der Waals surface area (Å²) in [7, 11) is 0. The van der Waals surface area contributed by atoms with E-state index in [1.807, 2.05) is 26.0 Å². The van der Waals surface area contributed by atoms with Gasteiger partial charge < -0.3 is 0 Å². The summed E-state index contributed by atoms with van der Waals surface area (Å²) in [5, 5.41) is 24.3. The summed E-state index contributed by atoms with van der Waals surface area (Å²) in [4.78, 5) is 10.4. The van der Waals surface area contributed by atoms with E-state index in [1.54, 1.807) is 28.9 Å². The number of rotatable bonds is 4. The van der Waals surface area contributed by atoms with Crippen LogP contribution in [0.15, 0.2) is 58.8 Å². The average molecular weight is 356 g/mol. The van der Waals surface area contributed by atoms with Gasteiger partial charge in [-0.15, -0.1) is 5.11 Å². The van der Waals surface area contributed by atoms with Gasteiger partial charge in [-0.1, -0.05) is 17.7 Å². The zero-order valence-corrected chi connectivity index (χ0v) is 14.3. The van der Waals surface area contributed by atoms with E-state index >= 15 is 0 Å². The van der Waals surface area contributed by atoms with Gasteiger partial charge in [0.05, 0.1) is 27.7 Å². The molecule has 25 heavy (non-hydrogen) atoms. The van der Waals surface area contributed by atoms with Crippen molar-refractivity contribution in [2.75, 3.05) is 0 Å². The van der Waals surface area contributed by atoms with Crippen LogP contribution in [0.25, 0.3) is 5.69 Å². The molecular formula is C17H14ClN5O2. The third kappa shape index (κ3) is 3.56. The van der Waals surface area contributed by atoms with E-state index in [1.165, 1.54) is 12.1 Å². The van der Waals surface area contributed by atoms with Gasteiger partial charge in [-0.25, -0.2) is 4.68 Å². The highest BCUT2D eigenvalue weighted by atomic mass is 35.5. The second-order valence-electron chi connectivity index (χ2n) is 5.38. The maximum absolute atomic E-state index is 10.8. The van der Waals surface area contributed by atoms with E-state index in [2.05, 4.69) is 15.3 Å². The molecule has 0 fully saturated rings. The normalized spacial score (nSPS) is 11.2. The van der Waals surface area contributed by atoms with Gasteiger partial charge >= 0.3 is 0 Å². The Balaban J connectivity index is 1.94. The lowest BCUT2D eigenvalue weighted by molar-refractivity contribution is -0.384. The number of benzene rings is 2. The molecule has 0 saturated heterocycles. The first-order valence-corrected chi connectivity index (χ1v) is 7.82. The molecule has 2 aromatic carbocycles. The number of hydrogen-bond donors (Lipinski definition) is 0. The molecule has 0 radical (unpaired) electrons. The van der Waals surface area contributed by atoms with Crippen LogP contribution in [0.3, 0.4) is 0 Å². The molecular weight excluding hydrogens is 342 g/mol. The van der Waals surface area contributed by atoms with Gasteiger partial charge in [-0.05, 0) is 44.2 Å². The summed E-state index contributed by atoms with van der Waals surface area (Å²) >= 11 is 5.92. The summed E-state index contributed by atoms with van der Waals surface area (Å²) in [6, 6.07) is 13.3. The lowest BCUT2D eigenvalue weighted by atomic mass is 10.3. The van der Waals surface area contributed by atoms with Crippen molar-refractivity contribution >= 4 is 28.7 Å². The first-order chi connectivity index (χ1) is 12.0. The molecule has 0 N–H and O–H groups in total. The van der Waals surface area contributed by atoms with Gasteiger partial charge in [0, 0.05) is 17.2 Å². The standard InChI is InChI=1S/C17H14ClN5O2/c1-11-17(20-19-14-4-3-5-16(10-14)23(24)25)12(2)22(21-11)15-8-6-13(18)7-9-15/h3-10H,1-2H3. The Bertz CT molecular complexity index is 964. The molecule has 7 nitrogen and oxygen atoms in total. The molecule has 0 unspecified atom stereocenters. The predicted octanol–water partition coefficient (Wildman–Crippen LogP) is 5.47. The number of non-ortho nitro benzene ring substituents is 1. The maximum atomic E-state index is 10.8. The van der Waals surface area contributed by atoms with Crippen LogP contribution in [0, 0.1) is 24.0 Å². The van der Waals surface area contributed by atoms with Crippen LogP contribution in [0.4, 0.5) is 17.1 Å². The van der Waals surface area contributed by atoms with Crippen molar-refractivity contribution < 1.29 is 4.92 Å². The van der Waals surface area contributed by atoms with Gasteiger partial charge in [-0.2, -0.15) is 10.2 Å². The fourth-order valence-electron chi connectivity index (χ4n) is 2.39. The Hall–Kier alpha value is -3.06. The third-order valence-corrected chi connectivity index (χ3v) is 3.88. The topological polar surface area (TPSA) is 85.7 Å². The Morgan fingerprint density at radius 2 is 1.84 bits per heavy atom. The van der Waals surface area contributed by atoms with Gasteiger partial charge in [-0.3, -0.25) is 10.1 Å². The summed E-state index contributed by atoms with van der Waals surface area (Å²) in [5.74, 6) is 0. The lowest BCUT2D eigenvalue weighted by Gasteiger charge is -2.03. The van der Waals surface area contributed by atoms with Crippen molar-refractivity contribution in [3.8, 4) is 5.69 Å². The number of aromatic nitrogens is 2. The van der Waals surface area contributed by atoms with Gasteiger partial charge in [0.25, 0.3) is 5.69 Å². The highest BCUT2D eigenvalue weighted by Crippen LogP contribution is 2.29. The van der Waals surface area contributed by atoms with Crippen molar-refractivity contribution in [1.82, 2.24) is 9.78 Å². The van der Waals surface area contributed by atoms with E-state index in [9.17, 15) is 10.1 Å². The summed E-state index contributed by atoms with van der Waals surface area (Å²) in [6.07, 6.45) is 0. The van der Waals surface area contributed by atoms with E-state index in [0.717, 1.165) is 11.4 Å². The first-order valence-electron chi connectivity index (χ1n) is 7.44. The third-order valence-electron chi connectivity index (χ3n) is 3.63. The predicted molar refractivity (Wildman–Crippen MR) is 95.3 cm³/mol. The molecule has 1 aromatic heterocycles. The summed E-state index contributed by atoms with van der Waals surface area (Å²) in [5.41, 5.74) is 3.40. The zero-order valence-electron chi connectivity index (χ0n) is 13.5. The average Bonchev–Trinajstić information content (AvgIpc) is 2.88. The highest BCUT2D eigenvalue weighted by molar-refractivity contribution is 6.30. The molecule has 0 atom stereocenters. The molecule has 3 rings (SSSR count). The van der Waals surface area contributed by atoms with Crippen molar-refractivity contribution in [2.45, 2.75) is 13.8 Å². The molecule has 0 saturated carbocycles. The second kappa shape index (κ2) is 6.82. The van der Waals surface area contributed by atoms with Crippen molar-refractivity contribution in [3.05, 3.63) is 75.1 Å². The molecule has 8 heteroatoms. The van der Waals surface area contributed by atoms with Crippen molar-refractivity contribution in [3.63, 3.8) is 0 Å². The Kier molecular flexibility index (Phi) is 4.58. The van der Waals surface area contributed by atoms with Crippen LogP contribution >= 0.6 is 11.6 Å². The minimum absolute atomic E-state index is 0.0262. The minimum Gasteiger partial charge on any atom is -0.258 e. The van der Waals surface area contributed by atoms with Crippen LogP contribution in [0.5, 0.6) is 0 Å². The van der Waals surface area contributed by atoms with Gasteiger partial charge in [0.2, 0.25) is 0 Å². The highest BCUT2D eigenvalue weighted by Gasteiger charge is 2.13. The summed E-state index contributed by atoms with van der Waals surface area (Å²) in [6.45, 7) is 3.72. The van der Waals surface area contributed by atoms with Crippen LogP contribution in [0.2, 0.25) is 5.02 Å². The van der Waals surface area contributed by atoms with Crippen LogP contribution in [-0.2, 0) is 0 Å². The second-order valence-corrected chi connectivity index (χ2v) is 5.82. The maximum Gasteiger partial charge on any atom is 0.271 e. The van der Waals surface area contributed by atoms with Crippen LogP contribution in [-0.4, -0.2) is 14.7 Å². The van der Waals surface area contributed by atoms with Crippen molar-refractivity contribution in [1.29, 1.82) is 0 Å². The fourth-order valence-corrected chi connectivity index (χ4v) is 2.52.